The normalized spacial score (nSPS) is 13.5. The Balaban J connectivity index is 2.05. The highest BCUT2D eigenvalue weighted by atomic mass is 19.4. The lowest BCUT2D eigenvalue weighted by Crippen LogP contribution is -2.18. The van der Waals surface area contributed by atoms with Gasteiger partial charge in [-0.25, -0.2) is 4.98 Å². The van der Waals surface area contributed by atoms with E-state index in [0.29, 0.717) is 11.1 Å². The van der Waals surface area contributed by atoms with Crippen molar-refractivity contribution in [1.29, 1.82) is 0 Å². The monoisotopic (exact) mass is 306 g/mol. The average Bonchev–Trinajstić information content (AvgIpc) is 2.87. The number of imidazole rings is 1. The van der Waals surface area contributed by atoms with Crippen molar-refractivity contribution in [2.45, 2.75) is 18.8 Å². The van der Waals surface area contributed by atoms with E-state index in [1.54, 1.807) is 48.5 Å². The van der Waals surface area contributed by atoms with Crippen LogP contribution < -0.4 is 0 Å². The maximum absolute atomic E-state index is 13.2. The molecule has 0 aliphatic rings. The van der Waals surface area contributed by atoms with E-state index in [1.807, 2.05) is 0 Å². The molecule has 114 valence electrons. The largest absolute Gasteiger partial charge is 0.449 e. The van der Waals surface area contributed by atoms with Crippen molar-refractivity contribution in [3.05, 3.63) is 66.0 Å². The summed E-state index contributed by atoms with van der Waals surface area (Å²) >= 11 is 0. The van der Waals surface area contributed by atoms with Crippen LogP contribution in [0.5, 0.6) is 0 Å². The van der Waals surface area contributed by atoms with Crippen LogP contribution in [0.25, 0.3) is 11.0 Å². The molecule has 3 rings (SSSR count). The maximum atomic E-state index is 13.2. The first-order valence-electron chi connectivity index (χ1n) is 6.72. The molecule has 3 aromatic rings. The summed E-state index contributed by atoms with van der Waals surface area (Å²) in [5.74, 6) is -0.997. The van der Waals surface area contributed by atoms with Crippen LogP contribution in [0, 0.1) is 0 Å². The van der Waals surface area contributed by atoms with Gasteiger partial charge in [0.2, 0.25) is 5.82 Å². The minimum absolute atomic E-state index is 0.209. The van der Waals surface area contributed by atoms with Gasteiger partial charge in [-0.15, -0.1) is 0 Å². The standard InChI is InChI=1S/C16H13F3N2O/c17-16(18,19)15-20-12-8-4-5-9-13(12)21(15)10-14(22)11-6-2-1-3-7-11/h1-9,14,22H,10H2/t14-/m1/s1. The first-order valence-corrected chi connectivity index (χ1v) is 6.72. The molecule has 1 heterocycles. The van der Waals surface area contributed by atoms with Gasteiger partial charge in [0.25, 0.3) is 0 Å². The number of benzene rings is 2. The Morgan fingerprint density at radius 3 is 2.32 bits per heavy atom. The van der Waals surface area contributed by atoms with Crippen LogP contribution in [0.3, 0.4) is 0 Å². The lowest BCUT2D eigenvalue weighted by molar-refractivity contribution is -0.147. The van der Waals surface area contributed by atoms with E-state index in [0.717, 1.165) is 4.57 Å². The molecule has 1 aromatic heterocycles. The number of nitrogens with zero attached hydrogens (tertiary/aromatic N) is 2. The summed E-state index contributed by atoms with van der Waals surface area (Å²) in [4.78, 5) is 3.66. The summed E-state index contributed by atoms with van der Waals surface area (Å²) in [5.41, 5.74) is 1.17. The van der Waals surface area contributed by atoms with Crippen molar-refractivity contribution in [3.63, 3.8) is 0 Å². The highest BCUT2D eigenvalue weighted by molar-refractivity contribution is 5.76. The van der Waals surface area contributed by atoms with Crippen molar-refractivity contribution in [2.75, 3.05) is 0 Å². The van der Waals surface area contributed by atoms with Gasteiger partial charge in [-0.1, -0.05) is 42.5 Å². The molecule has 1 N–H and O–H groups in total. The third-order valence-electron chi connectivity index (χ3n) is 3.45. The minimum atomic E-state index is -4.57. The molecule has 3 nitrogen and oxygen atoms in total. The van der Waals surface area contributed by atoms with Crippen LogP contribution >= 0.6 is 0 Å². The van der Waals surface area contributed by atoms with Crippen molar-refractivity contribution >= 4 is 11.0 Å². The quantitative estimate of drug-likeness (QED) is 0.799. The second-order valence-corrected chi connectivity index (χ2v) is 4.96. The molecule has 0 bridgehead atoms. The Hall–Kier alpha value is -2.34. The highest BCUT2D eigenvalue weighted by Gasteiger charge is 2.37. The van der Waals surface area contributed by atoms with Crippen LogP contribution in [0.1, 0.15) is 17.5 Å². The Bertz CT molecular complexity index is 781. The van der Waals surface area contributed by atoms with Gasteiger partial charge in [-0.2, -0.15) is 13.2 Å². The zero-order chi connectivity index (χ0) is 15.7. The number of aliphatic hydroxyl groups is 1. The predicted molar refractivity (Wildman–Crippen MR) is 76.1 cm³/mol. The van der Waals surface area contributed by atoms with E-state index in [4.69, 9.17) is 0 Å². The summed E-state index contributed by atoms with van der Waals surface area (Å²) in [7, 11) is 0. The molecule has 2 aromatic carbocycles. The van der Waals surface area contributed by atoms with E-state index >= 15 is 0 Å². The van der Waals surface area contributed by atoms with Gasteiger partial charge in [-0.3, -0.25) is 0 Å². The molecular formula is C16H13F3N2O. The van der Waals surface area contributed by atoms with E-state index in [-0.39, 0.29) is 12.1 Å². The molecular weight excluding hydrogens is 293 g/mol. The molecule has 0 saturated carbocycles. The summed E-state index contributed by atoms with van der Waals surface area (Å²) in [6, 6.07) is 15.0. The maximum Gasteiger partial charge on any atom is 0.449 e. The first kappa shape index (κ1) is 14.6. The van der Waals surface area contributed by atoms with Crippen LogP contribution in [0.4, 0.5) is 13.2 Å². The Kier molecular flexibility index (Phi) is 3.62. The van der Waals surface area contributed by atoms with Crippen LogP contribution in [-0.4, -0.2) is 14.7 Å². The van der Waals surface area contributed by atoms with Gasteiger partial charge in [-0.05, 0) is 17.7 Å². The van der Waals surface area contributed by atoms with Crippen LogP contribution in [-0.2, 0) is 12.7 Å². The second kappa shape index (κ2) is 5.46. The lowest BCUT2D eigenvalue weighted by Gasteiger charge is -2.16. The fourth-order valence-corrected chi connectivity index (χ4v) is 2.43. The van der Waals surface area contributed by atoms with E-state index in [2.05, 4.69) is 4.98 Å². The number of hydrogen-bond acceptors (Lipinski definition) is 2. The van der Waals surface area contributed by atoms with E-state index in [9.17, 15) is 18.3 Å². The number of para-hydroxylation sites is 2. The van der Waals surface area contributed by atoms with Crippen molar-refractivity contribution in [3.8, 4) is 0 Å². The van der Waals surface area contributed by atoms with Crippen LogP contribution in [0.2, 0.25) is 0 Å². The second-order valence-electron chi connectivity index (χ2n) is 4.96. The zero-order valence-corrected chi connectivity index (χ0v) is 11.5. The van der Waals surface area contributed by atoms with Gasteiger partial charge < -0.3 is 9.67 Å². The molecule has 0 amide bonds. The topological polar surface area (TPSA) is 38.0 Å². The third kappa shape index (κ3) is 2.69. The summed E-state index contributed by atoms with van der Waals surface area (Å²) in [6.07, 6.45) is -5.62. The zero-order valence-electron chi connectivity index (χ0n) is 11.5. The fourth-order valence-electron chi connectivity index (χ4n) is 2.43. The number of rotatable bonds is 3. The van der Waals surface area contributed by atoms with Crippen LogP contribution in [0.15, 0.2) is 54.6 Å². The Morgan fingerprint density at radius 2 is 1.64 bits per heavy atom. The number of halogens is 3. The number of aliphatic hydroxyl groups excluding tert-OH is 1. The number of hydrogen-bond donors (Lipinski definition) is 1. The molecule has 0 aliphatic heterocycles. The Labute approximate surface area is 124 Å². The molecule has 0 unspecified atom stereocenters. The minimum Gasteiger partial charge on any atom is -0.387 e. The molecule has 1 atom stereocenters. The van der Waals surface area contributed by atoms with Gasteiger partial charge in [0, 0.05) is 0 Å². The van der Waals surface area contributed by atoms with Gasteiger partial charge in [0.05, 0.1) is 23.7 Å². The SMILES string of the molecule is O[C@H](Cn1c(C(F)(F)F)nc2ccccc21)c1ccccc1. The molecule has 22 heavy (non-hydrogen) atoms. The number of fused-ring (bicyclic) bond motifs is 1. The third-order valence-corrected chi connectivity index (χ3v) is 3.45. The molecule has 0 spiro atoms. The highest BCUT2D eigenvalue weighted by Crippen LogP contribution is 2.32. The van der Waals surface area contributed by atoms with Crippen molar-refractivity contribution in [2.24, 2.45) is 0 Å². The molecule has 0 saturated heterocycles. The van der Waals surface area contributed by atoms with E-state index < -0.39 is 18.1 Å². The predicted octanol–water partition coefficient (Wildman–Crippen LogP) is 3.79. The van der Waals surface area contributed by atoms with E-state index in [1.165, 1.54) is 6.07 Å². The molecule has 0 aliphatic carbocycles. The number of alkyl halides is 3. The molecule has 0 radical (unpaired) electrons. The fraction of sp³-hybridized carbons (Fsp3) is 0.188. The van der Waals surface area contributed by atoms with Crippen molar-refractivity contribution in [1.82, 2.24) is 9.55 Å². The summed E-state index contributed by atoms with van der Waals surface area (Å²) < 4.78 is 40.5. The lowest BCUT2D eigenvalue weighted by atomic mass is 10.1. The Morgan fingerprint density at radius 1 is 1.00 bits per heavy atom. The number of aromatic nitrogens is 2. The van der Waals surface area contributed by atoms with Gasteiger partial charge in [0.1, 0.15) is 0 Å². The first-order chi connectivity index (χ1) is 10.5. The molecule has 0 fully saturated rings. The summed E-state index contributed by atoms with van der Waals surface area (Å²) in [6.45, 7) is -0.209. The summed E-state index contributed by atoms with van der Waals surface area (Å²) in [5, 5.41) is 10.2. The van der Waals surface area contributed by atoms with Gasteiger partial charge >= 0.3 is 6.18 Å². The molecule has 6 heteroatoms. The smallest absolute Gasteiger partial charge is 0.387 e. The van der Waals surface area contributed by atoms with Crippen molar-refractivity contribution < 1.29 is 18.3 Å². The van der Waals surface area contributed by atoms with Gasteiger partial charge in [0.15, 0.2) is 0 Å². The average molecular weight is 306 g/mol.